The molecule has 0 aliphatic heterocycles. The van der Waals surface area contributed by atoms with Crippen LogP contribution in [-0.2, 0) is 6.54 Å². The summed E-state index contributed by atoms with van der Waals surface area (Å²) in [5.74, 6) is -1.58. The second kappa shape index (κ2) is 6.43. The van der Waals surface area contributed by atoms with Gasteiger partial charge in [0.25, 0.3) is 0 Å². The molecule has 0 saturated heterocycles. The number of ether oxygens (including phenoxy) is 1. The lowest BCUT2D eigenvalue weighted by atomic mass is 10.2. The third-order valence-corrected chi connectivity index (χ3v) is 2.63. The van der Waals surface area contributed by atoms with Gasteiger partial charge in [-0.25, -0.2) is 8.78 Å². The van der Waals surface area contributed by atoms with Crippen LogP contribution in [0.15, 0.2) is 36.7 Å². The van der Waals surface area contributed by atoms with Crippen LogP contribution in [0.1, 0.15) is 19.4 Å². The molecular formula is C15H16F2N2O. The number of hydrogen-bond acceptors (Lipinski definition) is 3. The summed E-state index contributed by atoms with van der Waals surface area (Å²) in [5, 5.41) is 3.10. The summed E-state index contributed by atoms with van der Waals surface area (Å²) < 4.78 is 33.0. The summed E-state index contributed by atoms with van der Waals surface area (Å²) in [6, 6.07) is 5.99. The van der Waals surface area contributed by atoms with Crippen LogP contribution in [0.2, 0.25) is 0 Å². The molecule has 0 radical (unpaired) electrons. The minimum atomic E-state index is -0.727. The van der Waals surface area contributed by atoms with Gasteiger partial charge in [0.15, 0.2) is 17.4 Å². The van der Waals surface area contributed by atoms with Gasteiger partial charge in [-0.3, -0.25) is 4.98 Å². The SMILES string of the molecule is CC(C)NCc1cc(F)c(Oc2cccnc2)c(F)c1. The maximum absolute atomic E-state index is 13.9. The molecule has 1 heterocycles. The highest BCUT2D eigenvalue weighted by molar-refractivity contribution is 5.35. The Morgan fingerprint density at radius 1 is 1.25 bits per heavy atom. The minimum Gasteiger partial charge on any atom is -0.450 e. The number of nitrogens with one attached hydrogen (secondary N) is 1. The fourth-order valence-corrected chi connectivity index (χ4v) is 1.66. The van der Waals surface area contributed by atoms with Crippen LogP contribution >= 0.6 is 0 Å². The molecule has 1 aromatic heterocycles. The van der Waals surface area contributed by atoms with Crippen LogP contribution in [0.5, 0.6) is 11.5 Å². The number of benzene rings is 1. The van der Waals surface area contributed by atoms with Crippen molar-refractivity contribution < 1.29 is 13.5 Å². The molecule has 0 atom stereocenters. The van der Waals surface area contributed by atoms with E-state index in [1.807, 2.05) is 13.8 Å². The van der Waals surface area contributed by atoms with Crippen LogP contribution in [0.4, 0.5) is 8.78 Å². The van der Waals surface area contributed by atoms with Crippen LogP contribution in [0, 0.1) is 11.6 Å². The standard InChI is InChI=1S/C15H16F2N2O/c1-10(2)19-8-11-6-13(16)15(14(17)7-11)20-12-4-3-5-18-9-12/h3-7,9-10,19H,8H2,1-2H3. The predicted octanol–water partition coefficient (Wildman–Crippen LogP) is 3.65. The Hall–Kier alpha value is -2.01. The fraction of sp³-hybridized carbons (Fsp3) is 0.267. The third kappa shape index (κ3) is 3.74. The summed E-state index contributed by atoms with van der Waals surface area (Å²) in [6.45, 7) is 4.33. The lowest BCUT2D eigenvalue weighted by Gasteiger charge is -2.11. The lowest BCUT2D eigenvalue weighted by molar-refractivity contribution is 0.404. The lowest BCUT2D eigenvalue weighted by Crippen LogP contribution is -2.22. The Labute approximate surface area is 116 Å². The normalized spacial score (nSPS) is 10.8. The quantitative estimate of drug-likeness (QED) is 0.906. The molecule has 1 aromatic carbocycles. The number of halogens is 2. The topological polar surface area (TPSA) is 34.1 Å². The van der Waals surface area contributed by atoms with Crippen molar-refractivity contribution in [1.29, 1.82) is 0 Å². The van der Waals surface area contributed by atoms with Crippen molar-refractivity contribution in [3.63, 3.8) is 0 Å². The average molecular weight is 278 g/mol. The monoisotopic (exact) mass is 278 g/mol. The molecule has 0 spiro atoms. The first-order valence-corrected chi connectivity index (χ1v) is 6.35. The van der Waals surface area contributed by atoms with Gasteiger partial charge in [0.2, 0.25) is 0 Å². The molecule has 0 saturated carbocycles. The van der Waals surface area contributed by atoms with Crippen LogP contribution in [0.25, 0.3) is 0 Å². The van der Waals surface area contributed by atoms with Crippen LogP contribution in [0.3, 0.4) is 0 Å². The van der Waals surface area contributed by atoms with Crippen molar-refractivity contribution in [3.05, 3.63) is 53.9 Å². The Bertz CT molecular complexity index is 550. The smallest absolute Gasteiger partial charge is 0.198 e. The molecule has 0 aliphatic rings. The van der Waals surface area contributed by atoms with Crippen LogP contribution < -0.4 is 10.1 Å². The summed E-state index contributed by atoms with van der Waals surface area (Å²) in [6.07, 6.45) is 2.95. The van der Waals surface area contributed by atoms with Gasteiger partial charge in [-0.2, -0.15) is 0 Å². The van der Waals surface area contributed by atoms with Crippen molar-refractivity contribution >= 4 is 0 Å². The van der Waals surface area contributed by atoms with E-state index in [0.29, 0.717) is 17.9 Å². The molecule has 3 nitrogen and oxygen atoms in total. The zero-order valence-electron chi connectivity index (χ0n) is 11.4. The molecule has 2 aromatic rings. The summed E-state index contributed by atoms with van der Waals surface area (Å²) in [5.41, 5.74) is 0.534. The Morgan fingerprint density at radius 2 is 1.95 bits per heavy atom. The molecule has 2 rings (SSSR count). The van der Waals surface area contributed by atoms with Gasteiger partial charge in [0, 0.05) is 18.8 Å². The van der Waals surface area contributed by atoms with E-state index < -0.39 is 17.4 Å². The molecule has 0 aliphatic carbocycles. The number of hydrogen-bond donors (Lipinski definition) is 1. The first-order chi connectivity index (χ1) is 9.56. The van der Waals surface area contributed by atoms with E-state index in [9.17, 15) is 8.78 Å². The Balaban J connectivity index is 2.18. The third-order valence-electron chi connectivity index (χ3n) is 2.63. The zero-order chi connectivity index (χ0) is 14.5. The number of nitrogens with zero attached hydrogens (tertiary/aromatic N) is 1. The molecule has 0 fully saturated rings. The van der Waals surface area contributed by atoms with Crippen LogP contribution in [-0.4, -0.2) is 11.0 Å². The van der Waals surface area contributed by atoms with Crippen molar-refractivity contribution in [2.45, 2.75) is 26.4 Å². The number of pyridine rings is 1. The maximum atomic E-state index is 13.9. The van der Waals surface area contributed by atoms with Crippen molar-refractivity contribution in [3.8, 4) is 11.5 Å². The molecule has 20 heavy (non-hydrogen) atoms. The molecule has 5 heteroatoms. The molecular weight excluding hydrogens is 262 g/mol. The van der Waals surface area contributed by atoms with E-state index in [4.69, 9.17) is 4.74 Å². The molecule has 1 N–H and O–H groups in total. The first-order valence-electron chi connectivity index (χ1n) is 6.35. The summed E-state index contributed by atoms with van der Waals surface area (Å²) in [4.78, 5) is 3.83. The summed E-state index contributed by atoms with van der Waals surface area (Å²) in [7, 11) is 0. The highest BCUT2D eigenvalue weighted by Gasteiger charge is 2.14. The molecule has 0 bridgehead atoms. The highest BCUT2D eigenvalue weighted by Crippen LogP contribution is 2.28. The maximum Gasteiger partial charge on any atom is 0.198 e. The second-order valence-corrected chi connectivity index (χ2v) is 4.71. The molecule has 106 valence electrons. The van der Waals surface area contributed by atoms with E-state index in [2.05, 4.69) is 10.3 Å². The van der Waals surface area contributed by atoms with Gasteiger partial charge in [0.1, 0.15) is 5.75 Å². The van der Waals surface area contributed by atoms with Crippen molar-refractivity contribution in [2.75, 3.05) is 0 Å². The zero-order valence-corrected chi connectivity index (χ0v) is 11.4. The largest absolute Gasteiger partial charge is 0.450 e. The van der Waals surface area contributed by atoms with E-state index in [1.54, 1.807) is 18.3 Å². The highest BCUT2D eigenvalue weighted by atomic mass is 19.1. The van der Waals surface area contributed by atoms with Crippen molar-refractivity contribution in [1.82, 2.24) is 10.3 Å². The summed E-state index contributed by atoms with van der Waals surface area (Å²) >= 11 is 0. The Kier molecular flexibility index (Phi) is 4.63. The fourth-order valence-electron chi connectivity index (χ4n) is 1.66. The van der Waals surface area contributed by atoms with Gasteiger partial charge in [-0.05, 0) is 29.8 Å². The van der Waals surface area contributed by atoms with Gasteiger partial charge >= 0.3 is 0 Å². The van der Waals surface area contributed by atoms with Gasteiger partial charge < -0.3 is 10.1 Å². The molecule has 0 amide bonds. The second-order valence-electron chi connectivity index (χ2n) is 4.71. The van der Waals surface area contributed by atoms with E-state index in [-0.39, 0.29) is 6.04 Å². The first kappa shape index (κ1) is 14.4. The van der Waals surface area contributed by atoms with Crippen molar-refractivity contribution in [2.24, 2.45) is 0 Å². The number of aromatic nitrogens is 1. The van der Waals surface area contributed by atoms with E-state index in [1.165, 1.54) is 18.3 Å². The minimum absolute atomic E-state index is 0.243. The Morgan fingerprint density at radius 3 is 2.50 bits per heavy atom. The van der Waals surface area contributed by atoms with Gasteiger partial charge in [-0.1, -0.05) is 13.8 Å². The van der Waals surface area contributed by atoms with Gasteiger partial charge in [0.05, 0.1) is 6.20 Å². The molecule has 0 unspecified atom stereocenters. The predicted molar refractivity (Wildman–Crippen MR) is 72.6 cm³/mol. The van der Waals surface area contributed by atoms with E-state index in [0.717, 1.165) is 0 Å². The average Bonchev–Trinajstić information content (AvgIpc) is 2.42. The van der Waals surface area contributed by atoms with Gasteiger partial charge in [-0.15, -0.1) is 0 Å². The van der Waals surface area contributed by atoms with E-state index >= 15 is 0 Å². The number of rotatable bonds is 5.